The molecule has 0 N–H and O–H groups in total. The Balaban J connectivity index is 1.78. The molecule has 2 aromatic carbocycles. The van der Waals surface area contributed by atoms with Gasteiger partial charge in [-0.25, -0.2) is 9.38 Å². The van der Waals surface area contributed by atoms with Crippen molar-refractivity contribution in [3.8, 4) is 11.3 Å². The van der Waals surface area contributed by atoms with Crippen LogP contribution in [0.15, 0.2) is 58.9 Å². The highest BCUT2D eigenvalue weighted by Gasteiger charge is 2.27. The predicted octanol–water partition coefficient (Wildman–Crippen LogP) is 4.83. The summed E-state index contributed by atoms with van der Waals surface area (Å²) in [6, 6.07) is 13.0. The van der Waals surface area contributed by atoms with E-state index in [-0.39, 0.29) is 11.5 Å². The normalized spacial score (nSPS) is 14.7. The van der Waals surface area contributed by atoms with Gasteiger partial charge < -0.3 is 4.57 Å². The van der Waals surface area contributed by atoms with Crippen LogP contribution in [0.1, 0.15) is 18.9 Å². The molecule has 5 nitrogen and oxygen atoms in total. The molecule has 25 heavy (non-hydrogen) atoms. The van der Waals surface area contributed by atoms with Crippen LogP contribution in [0.3, 0.4) is 0 Å². The van der Waals surface area contributed by atoms with E-state index in [2.05, 4.69) is 9.56 Å². The van der Waals surface area contributed by atoms with Crippen LogP contribution in [0.25, 0.3) is 11.3 Å². The van der Waals surface area contributed by atoms with Crippen molar-refractivity contribution < 1.29 is 9.31 Å². The third-order valence-corrected chi connectivity index (χ3v) is 4.92. The second-order valence-electron chi connectivity index (χ2n) is 5.90. The molecule has 0 bridgehead atoms. The molecule has 1 aliphatic carbocycles. The van der Waals surface area contributed by atoms with E-state index in [1.165, 1.54) is 35.6 Å². The van der Waals surface area contributed by atoms with E-state index < -0.39 is 4.92 Å². The summed E-state index contributed by atoms with van der Waals surface area (Å²) in [5.74, 6) is -0.285. The molecule has 0 saturated heterocycles. The molecule has 1 aliphatic rings. The molecule has 1 heterocycles. The molecule has 0 aliphatic heterocycles. The van der Waals surface area contributed by atoms with Crippen molar-refractivity contribution in [1.82, 2.24) is 4.57 Å². The zero-order valence-corrected chi connectivity index (χ0v) is 13.9. The number of thiazole rings is 1. The number of nitro benzene ring substituents is 1. The maximum Gasteiger partial charge on any atom is 0.269 e. The Hall–Kier alpha value is -2.80. The summed E-state index contributed by atoms with van der Waals surface area (Å²) < 4.78 is 15.2. The summed E-state index contributed by atoms with van der Waals surface area (Å²) in [6.07, 6.45) is 2.18. The van der Waals surface area contributed by atoms with Crippen LogP contribution in [-0.4, -0.2) is 9.49 Å². The number of non-ortho nitro benzene ring substituents is 1. The second kappa shape index (κ2) is 6.25. The first-order valence-electron chi connectivity index (χ1n) is 7.87. The molecule has 0 unspecified atom stereocenters. The molecule has 1 fully saturated rings. The van der Waals surface area contributed by atoms with Crippen LogP contribution in [-0.2, 0) is 0 Å². The van der Waals surface area contributed by atoms with Crippen molar-refractivity contribution in [2.75, 3.05) is 0 Å². The highest BCUT2D eigenvalue weighted by atomic mass is 32.1. The van der Waals surface area contributed by atoms with Crippen LogP contribution in [0, 0.1) is 15.9 Å². The van der Waals surface area contributed by atoms with Crippen LogP contribution in [0.2, 0.25) is 0 Å². The number of nitrogens with zero attached hydrogens (tertiary/aromatic N) is 3. The summed E-state index contributed by atoms with van der Waals surface area (Å²) in [7, 11) is 0. The lowest BCUT2D eigenvalue weighted by atomic mass is 10.1. The average molecular weight is 355 g/mol. The van der Waals surface area contributed by atoms with E-state index in [1.54, 1.807) is 24.3 Å². The zero-order valence-electron chi connectivity index (χ0n) is 13.1. The van der Waals surface area contributed by atoms with Crippen LogP contribution in [0.4, 0.5) is 15.8 Å². The highest BCUT2D eigenvalue weighted by molar-refractivity contribution is 7.07. The molecular weight excluding hydrogens is 341 g/mol. The topological polar surface area (TPSA) is 60.4 Å². The van der Waals surface area contributed by atoms with Gasteiger partial charge in [-0.05, 0) is 54.8 Å². The first-order chi connectivity index (χ1) is 12.1. The second-order valence-corrected chi connectivity index (χ2v) is 6.73. The minimum absolute atomic E-state index is 0.0770. The number of aromatic nitrogens is 1. The standard InChI is InChI=1S/C18H14FN3O2S/c19-13-3-5-14(6-4-13)20-18-21(15-9-10-15)17(11-25-18)12-1-7-16(8-2-12)22(23)24/h1-8,11,15H,9-10H2. The number of benzene rings is 2. The summed E-state index contributed by atoms with van der Waals surface area (Å²) in [5.41, 5.74) is 2.71. The van der Waals surface area contributed by atoms with Gasteiger partial charge in [0.15, 0.2) is 4.80 Å². The Bertz CT molecular complexity index is 986. The number of nitro groups is 1. The fourth-order valence-corrected chi connectivity index (χ4v) is 3.66. The molecular formula is C18H14FN3O2S. The zero-order chi connectivity index (χ0) is 17.4. The molecule has 7 heteroatoms. The van der Waals surface area contributed by atoms with E-state index in [4.69, 9.17) is 0 Å². The third kappa shape index (κ3) is 3.23. The lowest BCUT2D eigenvalue weighted by Gasteiger charge is -2.07. The van der Waals surface area contributed by atoms with Gasteiger partial charge in [-0.15, -0.1) is 11.3 Å². The largest absolute Gasteiger partial charge is 0.313 e. The smallest absolute Gasteiger partial charge is 0.269 e. The minimum Gasteiger partial charge on any atom is -0.313 e. The van der Waals surface area contributed by atoms with Gasteiger partial charge in [0, 0.05) is 23.6 Å². The van der Waals surface area contributed by atoms with Gasteiger partial charge in [-0.1, -0.05) is 0 Å². The number of rotatable bonds is 4. The van der Waals surface area contributed by atoms with Crippen molar-refractivity contribution in [3.63, 3.8) is 0 Å². The van der Waals surface area contributed by atoms with Gasteiger partial charge in [0.1, 0.15) is 5.82 Å². The Morgan fingerprint density at radius 3 is 2.40 bits per heavy atom. The monoisotopic (exact) mass is 355 g/mol. The summed E-state index contributed by atoms with van der Waals surface area (Å²) in [5, 5.41) is 12.8. The van der Waals surface area contributed by atoms with E-state index in [9.17, 15) is 14.5 Å². The lowest BCUT2D eigenvalue weighted by molar-refractivity contribution is -0.384. The molecule has 0 atom stereocenters. The van der Waals surface area contributed by atoms with E-state index in [0.717, 1.165) is 28.9 Å². The van der Waals surface area contributed by atoms with Gasteiger partial charge in [-0.2, -0.15) is 0 Å². The Morgan fingerprint density at radius 2 is 1.80 bits per heavy atom. The first-order valence-corrected chi connectivity index (χ1v) is 8.75. The van der Waals surface area contributed by atoms with Crippen LogP contribution < -0.4 is 4.80 Å². The number of hydrogen-bond donors (Lipinski definition) is 0. The molecule has 0 spiro atoms. The average Bonchev–Trinajstić information content (AvgIpc) is 3.37. The summed E-state index contributed by atoms with van der Waals surface area (Å²) in [6.45, 7) is 0. The van der Waals surface area contributed by atoms with E-state index >= 15 is 0 Å². The summed E-state index contributed by atoms with van der Waals surface area (Å²) in [4.78, 5) is 15.9. The van der Waals surface area contributed by atoms with Crippen molar-refractivity contribution in [3.05, 3.63) is 74.6 Å². The van der Waals surface area contributed by atoms with Crippen molar-refractivity contribution in [2.45, 2.75) is 18.9 Å². The van der Waals surface area contributed by atoms with Gasteiger partial charge in [0.05, 0.1) is 16.3 Å². The molecule has 0 radical (unpaired) electrons. The lowest BCUT2D eigenvalue weighted by Crippen LogP contribution is -2.14. The Kier molecular flexibility index (Phi) is 3.93. The third-order valence-electron chi connectivity index (χ3n) is 4.08. The fourth-order valence-electron chi connectivity index (χ4n) is 2.68. The molecule has 126 valence electrons. The fraction of sp³-hybridized carbons (Fsp3) is 0.167. The number of halogens is 1. The Morgan fingerprint density at radius 1 is 1.12 bits per heavy atom. The van der Waals surface area contributed by atoms with E-state index in [1.807, 2.05) is 5.38 Å². The quantitative estimate of drug-likeness (QED) is 0.497. The van der Waals surface area contributed by atoms with Gasteiger partial charge >= 0.3 is 0 Å². The van der Waals surface area contributed by atoms with Gasteiger partial charge in [-0.3, -0.25) is 10.1 Å². The van der Waals surface area contributed by atoms with Crippen molar-refractivity contribution >= 4 is 22.7 Å². The van der Waals surface area contributed by atoms with Gasteiger partial charge in [0.25, 0.3) is 5.69 Å². The molecule has 4 rings (SSSR count). The molecule has 0 amide bonds. The van der Waals surface area contributed by atoms with Crippen molar-refractivity contribution in [1.29, 1.82) is 0 Å². The first kappa shape index (κ1) is 15.7. The van der Waals surface area contributed by atoms with E-state index in [0.29, 0.717) is 11.7 Å². The van der Waals surface area contributed by atoms with Crippen LogP contribution >= 0.6 is 11.3 Å². The maximum absolute atomic E-state index is 13.1. The van der Waals surface area contributed by atoms with Crippen LogP contribution in [0.5, 0.6) is 0 Å². The summed E-state index contributed by atoms with van der Waals surface area (Å²) >= 11 is 1.52. The predicted molar refractivity (Wildman–Crippen MR) is 94.3 cm³/mol. The van der Waals surface area contributed by atoms with Crippen molar-refractivity contribution in [2.24, 2.45) is 4.99 Å². The maximum atomic E-state index is 13.1. The number of hydrogen-bond acceptors (Lipinski definition) is 4. The highest BCUT2D eigenvalue weighted by Crippen LogP contribution is 2.38. The molecule has 1 saturated carbocycles. The Labute approximate surface area is 146 Å². The molecule has 1 aromatic heterocycles. The molecule has 3 aromatic rings. The minimum atomic E-state index is -0.401. The SMILES string of the molecule is O=[N+]([O-])c1ccc(-c2csc(=Nc3ccc(F)cc3)n2C2CC2)cc1. The van der Waals surface area contributed by atoms with Gasteiger partial charge in [0.2, 0.25) is 0 Å².